The lowest BCUT2D eigenvalue weighted by Gasteiger charge is -2.49. The van der Waals surface area contributed by atoms with E-state index < -0.39 is 0 Å². The van der Waals surface area contributed by atoms with E-state index in [2.05, 4.69) is 0 Å². The Labute approximate surface area is 80.0 Å². The van der Waals surface area contributed by atoms with Crippen LogP contribution in [0.2, 0.25) is 0 Å². The Bertz CT molecular complexity index is 168. The summed E-state index contributed by atoms with van der Waals surface area (Å²) < 4.78 is 10.7. The molecule has 0 aliphatic heterocycles. The number of aliphatic hydroxyl groups is 1. The van der Waals surface area contributed by atoms with Crippen molar-refractivity contribution in [3.05, 3.63) is 0 Å². The smallest absolute Gasteiger partial charge is 0.0784 e. The zero-order chi connectivity index (χ0) is 10.1. The highest BCUT2D eigenvalue weighted by molar-refractivity contribution is 4.98. The van der Waals surface area contributed by atoms with Gasteiger partial charge in [-0.3, -0.25) is 0 Å². The van der Waals surface area contributed by atoms with E-state index in [1.807, 2.05) is 20.8 Å². The van der Waals surface area contributed by atoms with Gasteiger partial charge in [0.2, 0.25) is 0 Å². The Balaban J connectivity index is 2.31. The fraction of sp³-hybridized carbons (Fsp3) is 1.00. The molecule has 78 valence electrons. The zero-order valence-corrected chi connectivity index (χ0v) is 8.91. The highest BCUT2D eigenvalue weighted by Gasteiger charge is 2.48. The first-order chi connectivity index (χ1) is 5.98. The van der Waals surface area contributed by atoms with E-state index >= 15 is 0 Å². The minimum Gasteiger partial charge on any atom is -0.392 e. The van der Waals surface area contributed by atoms with Gasteiger partial charge < -0.3 is 14.6 Å². The predicted octanol–water partition coefficient (Wildman–Crippen LogP) is 1.20. The van der Waals surface area contributed by atoms with Gasteiger partial charge in [-0.05, 0) is 6.92 Å². The second-order valence-electron chi connectivity index (χ2n) is 4.46. The van der Waals surface area contributed by atoms with E-state index in [0.29, 0.717) is 6.61 Å². The maximum atomic E-state index is 9.48. The Hall–Kier alpha value is -0.120. The molecule has 0 heterocycles. The molecule has 0 bridgehead atoms. The van der Waals surface area contributed by atoms with Gasteiger partial charge in [-0.2, -0.15) is 0 Å². The molecule has 0 aromatic heterocycles. The van der Waals surface area contributed by atoms with Crippen molar-refractivity contribution in [1.29, 1.82) is 0 Å². The molecule has 0 saturated heterocycles. The number of ether oxygens (including phenoxy) is 2. The average molecular weight is 188 g/mol. The summed E-state index contributed by atoms with van der Waals surface area (Å²) in [6, 6.07) is 0. The van der Waals surface area contributed by atoms with Gasteiger partial charge in [-0.25, -0.2) is 0 Å². The van der Waals surface area contributed by atoms with Gasteiger partial charge in [0.25, 0.3) is 0 Å². The summed E-state index contributed by atoms with van der Waals surface area (Å²) in [5.74, 6) is 0. The maximum absolute atomic E-state index is 9.48. The highest BCUT2D eigenvalue weighted by Crippen LogP contribution is 2.43. The first-order valence-corrected chi connectivity index (χ1v) is 4.81. The monoisotopic (exact) mass is 188 g/mol. The summed E-state index contributed by atoms with van der Waals surface area (Å²) in [7, 11) is 1.67. The van der Waals surface area contributed by atoms with E-state index in [4.69, 9.17) is 9.47 Å². The fourth-order valence-electron chi connectivity index (χ4n) is 1.65. The summed E-state index contributed by atoms with van der Waals surface area (Å²) in [5, 5.41) is 9.48. The minimum atomic E-state index is -0.216. The molecule has 1 saturated carbocycles. The third-order valence-corrected chi connectivity index (χ3v) is 2.92. The lowest BCUT2D eigenvalue weighted by atomic mass is 9.66. The fourth-order valence-corrected chi connectivity index (χ4v) is 1.65. The summed E-state index contributed by atoms with van der Waals surface area (Å²) >= 11 is 0. The highest BCUT2D eigenvalue weighted by atomic mass is 16.5. The van der Waals surface area contributed by atoms with Crippen LogP contribution in [-0.2, 0) is 9.47 Å². The van der Waals surface area contributed by atoms with E-state index in [-0.39, 0.29) is 23.7 Å². The quantitative estimate of drug-likeness (QED) is 0.720. The van der Waals surface area contributed by atoms with Gasteiger partial charge >= 0.3 is 0 Å². The molecule has 3 unspecified atom stereocenters. The average Bonchev–Trinajstić information content (AvgIpc) is 2.04. The van der Waals surface area contributed by atoms with Crippen LogP contribution in [0.3, 0.4) is 0 Å². The van der Waals surface area contributed by atoms with Gasteiger partial charge in [0.05, 0.1) is 24.9 Å². The lowest BCUT2D eigenvalue weighted by Crippen LogP contribution is -2.55. The molecule has 1 aliphatic carbocycles. The largest absolute Gasteiger partial charge is 0.392 e. The summed E-state index contributed by atoms with van der Waals surface area (Å²) in [5.41, 5.74) is -0.0952. The molecular formula is C10H20O3. The van der Waals surface area contributed by atoms with Gasteiger partial charge in [0.15, 0.2) is 0 Å². The van der Waals surface area contributed by atoms with Crippen LogP contribution < -0.4 is 0 Å². The Morgan fingerprint density at radius 2 is 2.15 bits per heavy atom. The third-order valence-electron chi connectivity index (χ3n) is 2.92. The molecule has 1 N–H and O–H groups in total. The predicted molar refractivity (Wildman–Crippen MR) is 50.6 cm³/mol. The van der Waals surface area contributed by atoms with Crippen molar-refractivity contribution in [3.63, 3.8) is 0 Å². The van der Waals surface area contributed by atoms with Crippen LogP contribution in [0.15, 0.2) is 0 Å². The Morgan fingerprint density at radius 3 is 2.54 bits per heavy atom. The third kappa shape index (κ3) is 2.22. The topological polar surface area (TPSA) is 38.7 Å². The Kier molecular flexibility index (Phi) is 3.33. The van der Waals surface area contributed by atoms with Crippen molar-refractivity contribution in [2.45, 2.75) is 45.5 Å². The second-order valence-corrected chi connectivity index (χ2v) is 4.46. The van der Waals surface area contributed by atoms with Crippen LogP contribution in [-0.4, -0.2) is 37.1 Å². The minimum absolute atomic E-state index is 0.0952. The van der Waals surface area contributed by atoms with Crippen molar-refractivity contribution in [3.8, 4) is 0 Å². The van der Waals surface area contributed by atoms with Crippen molar-refractivity contribution < 1.29 is 14.6 Å². The molecule has 1 fully saturated rings. The Morgan fingerprint density at radius 1 is 1.54 bits per heavy atom. The van der Waals surface area contributed by atoms with Crippen molar-refractivity contribution in [2.24, 2.45) is 5.41 Å². The first-order valence-electron chi connectivity index (χ1n) is 4.81. The van der Waals surface area contributed by atoms with Crippen molar-refractivity contribution in [1.82, 2.24) is 0 Å². The zero-order valence-electron chi connectivity index (χ0n) is 8.91. The SMILES string of the molecule is COCC(C)OC1CC(O)C1(C)C. The molecule has 3 nitrogen and oxygen atoms in total. The van der Waals surface area contributed by atoms with Crippen LogP contribution in [0.1, 0.15) is 27.2 Å². The maximum Gasteiger partial charge on any atom is 0.0784 e. The summed E-state index contributed by atoms with van der Waals surface area (Å²) in [4.78, 5) is 0. The molecule has 0 radical (unpaired) electrons. The van der Waals surface area contributed by atoms with Crippen LogP contribution in [0.5, 0.6) is 0 Å². The molecule has 0 aromatic carbocycles. The van der Waals surface area contributed by atoms with E-state index in [0.717, 1.165) is 6.42 Å². The van der Waals surface area contributed by atoms with Gasteiger partial charge in [0, 0.05) is 18.9 Å². The summed E-state index contributed by atoms with van der Waals surface area (Å²) in [6.07, 6.45) is 0.822. The van der Waals surface area contributed by atoms with Crippen molar-refractivity contribution in [2.75, 3.05) is 13.7 Å². The molecule has 1 rings (SSSR count). The number of hydrogen-bond donors (Lipinski definition) is 1. The standard InChI is InChI=1S/C10H20O3/c1-7(6-12-4)13-9-5-8(11)10(9,2)3/h7-9,11H,5-6H2,1-4H3. The van der Waals surface area contributed by atoms with Crippen LogP contribution in [0.4, 0.5) is 0 Å². The van der Waals surface area contributed by atoms with Crippen molar-refractivity contribution >= 4 is 0 Å². The second kappa shape index (κ2) is 3.95. The molecule has 0 amide bonds. The normalized spacial score (nSPS) is 33.9. The number of hydrogen-bond acceptors (Lipinski definition) is 3. The molecule has 0 aromatic rings. The van der Waals surface area contributed by atoms with Gasteiger partial charge in [0.1, 0.15) is 0 Å². The van der Waals surface area contributed by atoms with Gasteiger partial charge in [-0.1, -0.05) is 13.8 Å². The molecule has 13 heavy (non-hydrogen) atoms. The molecule has 3 heteroatoms. The molecule has 0 spiro atoms. The van der Waals surface area contributed by atoms with E-state index in [1.54, 1.807) is 7.11 Å². The van der Waals surface area contributed by atoms with Crippen LogP contribution in [0.25, 0.3) is 0 Å². The number of rotatable bonds is 4. The number of aliphatic hydroxyl groups excluding tert-OH is 1. The molecule has 3 atom stereocenters. The van der Waals surface area contributed by atoms with Crippen LogP contribution in [0, 0.1) is 5.41 Å². The van der Waals surface area contributed by atoms with E-state index in [1.165, 1.54) is 0 Å². The molecule has 1 aliphatic rings. The summed E-state index contributed by atoms with van der Waals surface area (Å²) in [6.45, 7) is 6.67. The molecular weight excluding hydrogens is 168 g/mol. The van der Waals surface area contributed by atoms with Crippen LogP contribution >= 0.6 is 0 Å². The van der Waals surface area contributed by atoms with Gasteiger partial charge in [-0.15, -0.1) is 0 Å². The first kappa shape index (κ1) is 11.0. The van der Waals surface area contributed by atoms with E-state index in [9.17, 15) is 5.11 Å². The number of methoxy groups -OCH3 is 1. The lowest BCUT2D eigenvalue weighted by molar-refractivity contribution is -0.197.